The summed E-state index contributed by atoms with van der Waals surface area (Å²) in [6.07, 6.45) is 2.06. The Kier molecular flexibility index (Phi) is 7.33. The normalized spacial score (nSPS) is 15.3. The first-order valence-electron chi connectivity index (χ1n) is 9.79. The Hall–Kier alpha value is -1.89. The number of nitrogens with one attached hydrogen (secondary N) is 1. The fourth-order valence-corrected chi connectivity index (χ4v) is 3.85. The van der Waals surface area contributed by atoms with Gasteiger partial charge in [-0.1, -0.05) is 29.3 Å². The van der Waals surface area contributed by atoms with Crippen LogP contribution in [0.15, 0.2) is 24.3 Å². The first-order valence-corrected chi connectivity index (χ1v) is 10.5. The van der Waals surface area contributed by atoms with Crippen LogP contribution in [0.4, 0.5) is 5.82 Å². The van der Waals surface area contributed by atoms with E-state index in [0.29, 0.717) is 28.3 Å². The molecule has 1 amide bonds. The Labute approximate surface area is 182 Å². The Morgan fingerprint density at radius 3 is 2.55 bits per heavy atom. The molecule has 0 unspecified atom stereocenters. The quantitative estimate of drug-likeness (QED) is 0.736. The van der Waals surface area contributed by atoms with Crippen molar-refractivity contribution < 1.29 is 4.79 Å². The molecule has 156 valence electrons. The molecule has 6 nitrogen and oxygen atoms in total. The van der Waals surface area contributed by atoms with Crippen molar-refractivity contribution in [3.05, 3.63) is 51.4 Å². The lowest BCUT2D eigenvalue weighted by Crippen LogP contribution is -2.33. The first kappa shape index (κ1) is 21.8. The number of hydrogen-bond acceptors (Lipinski definition) is 5. The summed E-state index contributed by atoms with van der Waals surface area (Å²) in [5.41, 5.74) is 2.22. The molecule has 1 fully saturated rings. The second kappa shape index (κ2) is 9.74. The van der Waals surface area contributed by atoms with E-state index in [9.17, 15) is 4.79 Å². The van der Waals surface area contributed by atoms with Crippen molar-refractivity contribution in [2.24, 2.45) is 0 Å². The van der Waals surface area contributed by atoms with E-state index in [1.165, 1.54) is 5.56 Å². The van der Waals surface area contributed by atoms with Gasteiger partial charge in [-0.25, -0.2) is 9.97 Å². The lowest BCUT2D eigenvalue weighted by molar-refractivity contribution is -0.128. The van der Waals surface area contributed by atoms with E-state index in [-0.39, 0.29) is 5.91 Å². The largest absolute Gasteiger partial charge is 0.373 e. The minimum Gasteiger partial charge on any atom is -0.373 e. The molecule has 1 aliphatic heterocycles. The third kappa shape index (κ3) is 5.81. The zero-order chi connectivity index (χ0) is 21.0. The Bertz CT molecular complexity index is 868. The van der Waals surface area contributed by atoms with Gasteiger partial charge in [-0.15, -0.1) is 0 Å². The zero-order valence-electron chi connectivity index (χ0n) is 17.1. The maximum atomic E-state index is 11.5. The van der Waals surface area contributed by atoms with Crippen LogP contribution in [0.1, 0.15) is 42.8 Å². The number of carbonyl (C=O) groups excluding carboxylic acids is 1. The van der Waals surface area contributed by atoms with Gasteiger partial charge >= 0.3 is 0 Å². The summed E-state index contributed by atoms with van der Waals surface area (Å²) in [5, 5.41) is 4.30. The van der Waals surface area contributed by atoms with E-state index >= 15 is 0 Å². The number of anilines is 1. The number of hydrogen-bond donors (Lipinski definition) is 1. The molecule has 1 aliphatic rings. The molecule has 0 atom stereocenters. The molecule has 1 N–H and O–H groups in total. The third-order valence-corrected chi connectivity index (χ3v) is 6.10. The molecule has 0 bridgehead atoms. The molecule has 3 rings (SSSR count). The topological polar surface area (TPSA) is 61.4 Å². The van der Waals surface area contributed by atoms with Crippen molar-refractivity contribution in [2.45, 2.75) is 38.8 Å². The van der Waals surface area contributed by atoms with Gasteiger partial charge in [0.15, 0.2) is 0 Å². The van der Waals surface area contributed by atoms with Crippen molar-refractivity contribution in [3.8, 4) is 0 Å². The van der Waals surface area contributed by atoms with Crippen molar-refractivity contribution in [1.29, 1.82) is 0 Å². The molecule has 29 heavy (non-hydrogen) atoms. The van der Waals surface area contributed by atoms with Gasteiger partial charge in [0.25, 0.3) is 0 Å². The van der Waals surface area contributed by atoms with Crippen LogP contribution in [0.5, 0.6) is 0 Å². The maximum absolute atomic E-state index is 11.5. The van der Waals surface area contributed by atoms with Crippen LogP contribution in [0.3, 0.4) is 0 Å². The number of likely N-dealkylation sites (tertiary alicyclic amines) is 1. The standard InChI is InChI=1S/C21H27Cl2N5O/c1-14(29)27(3)13-21-25-19(11-20(24-2)26-21)16-6-8-28(9-7-16)12-15-4-5-17(22)18(23)10-15/h4-5,10-11,16H,6-9,12-13H2,1-3H3,(H,24,25,26). The SMILES string of the molecule is CNc1cc(C2CCN(Cc3ccc(Cl)c(Cl)c3)CC2)nc(CN(C)C(C)=O)n1. The van der Waals surface area contributed by atoms with E-state index in [0.717, 1.165) is 44.0 Å². The van der Waals surface area contributed by atoms with Gasteiger partial charge in [0.2, 0.25) is 5.91 Å². The number of halogens is 2. The summed E-state index contributed by atoms with van der Waals surface area (Å²) in [4.78, 5) is 24.9. The number of benzene rings is 1. The molecule has 2 heterocycles. The van der Waals surface area contributed by atoms with Crippen LogP contribution < -0.4 is 5.32 Å². The second-order valence-electron chi connectivity index (χ2n) is 7.52. The van der Waals surface area contributed by atoms with Gasteiger partial charge in [0, 0.05) is 45.2 Å². The van der Waals surface area contributed by atoms with Crippen molar-refractivity contribution >= 4 is 34.9 Å². The fraction of sp³-hybridized carbons (Fsp3) is 0.476. The highest BCUT2D eigenvalue weighted by Crippen LogP contribution is 2.29. The van der Waals surface area contributed by atoms with Gasteiger partial charge in [-0.3, -0.25) is 9.69 Å². The van der Waals surface area contributed by atoms with Crippen molar-refractivity contribution in [2.75, 3.05) is 32.5 Å². The number of rotatable bonds is 6. The number of carbonyl (C=O) groups is 1. The molecule has 0 radical (unpaired) electrons. The van der Waals surface area contributed by atoms with Crippen LogP contribution in [-0.2, 0) is 17.9 Å². The number of amides is 1. The molecule has 1 aromatic heterocycles. The average molecular weight is 436 g/mol. The molecule has 1 saturated heterocycles. The highest BCUT2D eigenvalue weighted by molar-refractivity contribution is 6.42. The van der Waals surface area contributed by atoms with Gasteiger partial charge < -0.3 is 10.2 Å². The van der Waals surface area contributed by atoms with Gasteiger partial charge in [0.05, 0.1) is 16.6 Å². The molecule has 8 heteroatoms. The highest BCUT2D eigenvalue weighted by Gasteiger charge is 2.23. The summed E-state index contributed by atoms with van der Waals surface area (Å²) in [6, 6.07) is 7.85. The van der Waals surface area contributed by atoms with Gasteiger partial charge in [-0.2, -0.15) is 0 Å². The molecule has 0 aliphatic carbocycles. The van der Waals surface area contributed by atoms with E-state index in [1.807, 2.05) is 31.3 Å². The molecule has 1 aromatic carbocycles. The monoisotopic (exact) mass is 435 g/mol. The molecule has 0 spiro atoms. The van der Waals surface area contributed by atoms with Gasteiger partial charge in [-0.05, 0) is 43.6 Å². The number of aromatic nitrogens is 2. The van der Waals surface area contributed by atoms with E-state index < -0.39 is 0 Å². The molecule has 0 saturated carbocycles. The van der Waals surface area contributed by atoms with E-state index in [2.05, 4.69) is 15.2 Å². The van der Waals surface area contributed by atoms with Crippen LogP contribution in [0, 0.1) is 0 Å². The second-order valence-corrected chi connectivity index (χ2v) is 8.33. The first-order chi connectivity index (χ1) is 13.9. The highest BCUT2D eigenvalue weighted by atomic mass is 35.5. The lowest BCUT2D eigenvalue weighted by Gasteiger charge is -2.32. The molecular weight excluding hydrogens is 409 g/mol. The zero-order valence-corrected chi connectivity index (χ0v) is 18.6. The van der Waals surface area contributed by atoms with Crippen LogP contribution >= 0.6 is 23.2 Å². The maximum Gasteiger partial charge on any atom is 0.219 e. The molecule has 2 aromatic rings. The predicted octanol–water partition coefficient (Wildman–Crippen LogP) is 4.18. The summed E-state index contributed by atoms with van der Waals surface area (Å²) in [7, 11) is 3.61. The smallest absolute Gasteiger partial charge is 0.219 e. The van der Waals surface area contributed by atoms with Crippen molar-refractivity contribution in [1.82, 2.24) is 19.8 Å². The van der Waals surface area contributed by atoms with E-state index in [4.69, 9.17) is 28.2 Å². The summed E-state index contributed by atoms with van der Waals surface area (Å²) in [6.45, 7) is 4.81. The van der Waals surface area contributed by atoms with Crippen LogP contribution in [-0.4, -0.2) is 52.9 Å². The summed E-state index contributed by atoms with van der Waals surface area (Å²) in [5.74, 6) is 1.85. The minimum atomic E-state index is 0.000576. The number of nitrogens with zero attached hydrogens (tertiary/aromatic N) is 4. The Balaban J connectivity index is 1.65. The van der Waals surface area contributed by atoms with Gasteiger partial charge in [0.1, 0.15) is 11.6 Å². The third-order valence-electron chi connectivity index (χ3n) is 5.36. The molecular formula is C21H27Cl2N5O. The van der Waals surface area contributed by atoms with Crippen molar-refractivity contribution in [3.63, 3.8) is 0 Å². The average Bonchev–Trinajstić information content (AvgIpc) is 2.71. The fourth-order valence-electron chi connectivity index (χ4n) is 3.53. The number of piperidine rings is 1. The van der Waals surface area contributed by atoms with E-state index in [1.54, 1.807) is 18.9 Å². The lowest BCUT2D eigenvalue weighted by atomic mass is 9.93. The Morgan fingerprint density at radius 1 is 1.21 bits per heavy atom. The van der Waals surface area contributed by atoms with Crippen LogP contribution in [0.2, 0.25) is 10.0 Å². The van der Waals surface area contributed by atoms with Crippen LogP contribution in [0.25, 0.3) is 0 Å². The summed E-state index contributed by atoms with van der Waals surface area (Å²) >= 11 is 12.2. The minimum absolute atomic E-state index is 0.000576. The predicted molar refractivity (Wildman–Crippen MR) is 117 cm³/mol. The summed E-state index contributed by atoms with van der Waals surface area (Å²) < 4.78 is 0. The Morgan fingerprint density at radius 2 is 1.93 bits per heavy atom.